The van der Waals surface area contributed by atoms with E-state index >= 15 is 0 Å². The molecule has 2 aliphatic heterocycles. The second kappa shape index (κ2) is 6.98. The average Bonchev–Trinajstić information content (AvgIpc) is 3.01. The molecule has 0 aliphatic carbocycles. The lowest BCUT2D eigenvalue weighted by molar-refractivity contribution is -0.138. The number of hydrogen-bond acceptors (Lipinski definition) is 7. The monoisotopic (exact) mass is 362 g/mol. The maximum Gasteiger partial charge on any atom is 0.338 e. The topological polar surface area (TPSA) is 107 Å². The lowest BCUT2D eigenvalue weighted by atomic mass is 9.96. The zero-order valence-corrected chi connectivity index (χ0v) is 14.6. The van der Waals surface area contributed by atoms with Crippen molar-refractivity contribution in [3.8, 4) is 11.5 Å². The smallest absolute Gasteiger partial charge is 0.338 e. The molecule has 1 aromatic rings. The number of hydrogen-bond donors (Lipinski definition) is 3. The summed E-state index contributed by atoms with van der Waals surface area (Å²) in [5, 5.41) is 5.82. The number of nitrogens with zero attached hydrogens (tertiary/aromatic N) is 1. The predicted octanol–water partition coefficient (Wildman–Crippen LogP) is 1.09. The first kappa shape index (κ1) is 17.0. The molecule has 4 N–H and O–H groups in total. The molecular weight excluding hydrogens is 344 g/mol. The van der Waals surface area contributed by atoms with Crippen molar-refractivity contribution < 1.29 is 19.0 Å². The zero-order chi connectivity index (χ0) is 18.0. The third kappa shape index (κ3) is 3.50. The van der Waals surface area contributed by atoms with Crippen molar-refractivity contribution in [1.29, 1.82) is 0 Å². The fourth-order valence-corrected chi connectivity index (χ4v) is 2.75. The predicted molar refractivity (Wildman–Crippen MR) is 95.1 cm³/mol. The van der Waals surface area contributed by atoms with Crippen LogP contribution >= 0.6 is 12.2 Å². The summed E-state index contributed by atoms with van der Waals surface area (Å²) in [6.45, 7) is 3.96. The molecule has 0 saturated carbocycles. The number of benzene rings is 1. The van der Waals surface area contributed by atoms with Gasteiger partial charge in [-0.15, -0.1) is 0 Å². The molecular formula is C16H18N4O4S. The first-order chi connectivity index (χ1) is 12.0. The third-order valence-electron chi connectivity index (χ3n) is 3.69. The number of carbonyl (C=O) groups excluding carboxylic acids is 1. The number of allylic oxidation sites excluding steroid dienone is 1. The van der Waals surface area contributed by atoms with Gasteiger partial charge in [0.05, 0.1) is 12.2 Å². The van der Waals surface area contributed by atoms with Crippen LogP contribution in [0.25, 0.3) is 0 Å². The Hall–Kier alpha value is -2.81. The van der Waals surface area contributed by atoms with Crippen LogP contribution in [0.5, 0.6) is 11.5 Å². The highest BCUT2D eigenvalue weighted by Gasteiger charge is 2.31. The lowest BCUT2D eigenvalue weighted by Crippen LogP contribution is -2.45. The number of thiocarbonyl (C=S) groups is 1. The Bertz CT molecular complexity index is 790. The molecule has 8 nitrogen and oxygen atoms in total. The quantitative estimate of drug-likeness (QED) is 0.542. The largest absolute Gasteiger partial charge is 0.463 e. The summed E-state index contributed by atoms with van der Waals surface area (Å²) in [5.74, 6) is 1.19. The van der Waals surface area contributed by atoms with Gasteiger partial charge in [-0.2, -0.15) is 0 Å². The summed E-state index contributed by atoms with van der Waals surface area (Å²) in [5.41, 5.74) is 7.30. The number of rotatable bonds is 3. The van der Waals surface area contributed by atoms with Gasteiger partial charge >= 0.3 is 5.97 Å². The molecule has 1 aromatic carbocycles. The molecule has 1 atom stereocenters. The van der Waals surface area contributed by atoms with Crippen LogP contribution in [0.4, 0.5) is 0 Å². The van der Waals surface area contributed by atoms with Crippen molar-refractivity contribution >= 4 is 29.3 Å². The van der Waals surface area contributed by atoms with E-state index in [1.54, 1.807) is 26.0 Å². The molecule has 0 saturated heterocycles. The SMILES string of the molecule is CCOC(=O)C1=C(C)NC(NC(N)=S)=NC1c1ccc2c(c1)OCO2. The number of guanidine groups is 1. The molecule has 0 spiro atoms. The van der Waals surface area contributed by atoms with E-state index in [0.29, 0.717) is 28.7 Å². The second-order valence-electron chi connectivity index (χ2n) is 5.37. The molecule has 25 heavy (non-hydrogen) atoms. The third-order valence-corrected chi connectivity index (χ3v) is 3.79. The molecule has 1 unspecified atom stereocenters. The van der Waals surface area contributed by atoms with Crippen LogP contribution in [0.3, 0.4) is 0 Å². The number of aliphatic imine (C=N–C) groups is 1. The van der Waals surface area contributed by atoms with Gasteiger partial charge in [-0.05, 0) is 43.8 Å². The van der Waals surface area contributed by atoms with Gasteiger partial charge in [-0.1, -0.05) is 6.07 Å². The molecule has 0 aromatic heterocycles. The van der Waals surface area contributed by atoms with E-state index in [1.165, 1.54) is 0 Å². The molecule has 2 aliphatic rings. The highest BCUT2D eigenvalue weighted by molar-refractivity contribution is 7.80. The molecule has 0 amide bonds. The molecule has 0 radical (unpaired) electrons. The second-order valence-corrected chi connectivity index (χ2v) is 5.81. The number of esters is 1. The van der Waals surface area contributed by atoms with E-state index in [0.717, 1.165) is 5.56 Å². The van der Waals surface area contributed by atoms with E-state index in [2.05, 4.69) is 15.6 Å². The summed E-state index contributed by atoms with van der Waals surface area (Å²) in [6.07, 6.45) is 0. The first-order valence-electron chi connectivity index (χ1n) is 7.68. The molecule has 2 heterocycles. The van der Waals surface area contributed by atoms with Gasteiger partial charge in [-0.3, -0.25) is 0 Å². The molecule has 3 rings (SSSR count). The first-order valence-corrected chi connectivity index (χ1v) is 8.09. The van der Waals surface area contributed by atoms with Crippen LogP contribution in [0.15, 0.2) is 34.5 Å². The summed E-state index contributed by atoms with van der Waals surface area (Å²) >= 11 is 4.86. The van der Waals surface area contributed by atoms with Crippen molar-refractivity contribution in [2.45, 2.75) is 19.9 Å². The Morgan fingerprint density at radius 2 is 2.24 bits per heavy atom. The minimum absolute atomic E-state index is 0.0723. The number of fused-ring (bicyclic) bond motifs is 1. The minimum Gasteiger partial charge on any atom is -0.463 e. The van der Waals surface area contributed by atoms with Crippen LogP contribution in [0.1, 0.15) is 25.5 Å². The van der Waals surface area contributed by atoms with Crippen molar-refractivity contribution in [3.63, 3.8) is 0 Å². The van der Waals surface area contributed by atoms with Crippen LogP contribution in [0.2, 0.25) is 0 Å². The van der Waals surface area contributed by atoms with Crippen LogP contribution in [-0.4, -0.2) is 30.4 Å². The molecule has 0 bridgehead atoms. The highest BCUT2D eigenvalue weighted by atomic mass is 32.1. The average molecular weight is 362 g/mol. The highest BCUT2D eigenvalue weighted by Crippen LogP contribution is 2.38. The van der Waals surface area contributed by atoms with Crippen molar-refractivity contribution in [2.75, 3.05) is 13.4 Å². The Kier molecular flexibility index (Phi) is 4.75. The van der Waals surface area contributed by atoms with Crippen LogP contribution in [-0.2, 0) is 9.53 Å². The van der Waals surface area contributed by atoms with Gasteiger partial charge in [0.2, 0.25) is 12.8 Å². The molecule has 0 fully saturated rings. The summed E-state index contributed by atoms with van der Waals surface area (Å²) < 4.78 is 15.9. The van der Waals surface area contributed by atoms with Gasteiger partial charge in [0, 0.05) is 5.70 Å². The summed E-state index contributed by atoms with van der Waals surface area (Å²) in [7, 11) is 0. The Balaban J connectivity index is 2.02. The van der Waals surface area contributed by atoms with Crippen molar-refractivity contribution in [2.24, 2.45) is 10.7 Å². The maximum atomic E-state index is 12.4. The zero-order valence-electron chi connectivity index (χ0n) is 13.8. The normalized spacial score (nSPS) is 18.3. The molecule has 9 heteroatoms. The van der Waals surface area contributed by atoms with Crippen molar-refractivity contribution in [1.82, 2.24) is 10.6 Å². The van der Waals surface area contributed by atoms with E-state index < -0.39 is 12.0 Å². The lowest BCUT2D eigenvalue weighted by Gasteiger charge is -2.26. The summed E-state index contributed by atoms with van der Waals surface area (Å²) in [4.78, 5) is 17.0. The van der Waals surface area contributed by atoms with E-state index in [-0.39, 0.29) is 18.5 Å². The standard InChI is InChI=1S/C16H18N4O4S/c1-3-22-14(21)12-8(2)18-16(20-15(17)25)19-13(12)9-4-5-10-11(6-9)24-7-23-10/h4-6,13H,3,7H2,1-2H3,(H4,17,18,19,20,25). The number of nitrogens with one attached hydrogen (secondary N) is 2. The van der Waals surface area contributed by atoms with E-state index in [1.807, 2.05) is 6.07 Å². The fourth-order valence-electron chi connectivity index (χ4n) is 2.65. The van der Waals surface area contributed by atoms with Crippen LogP contribution < -0.4 is 25.8 Å². The Morgan fingerprint density at radius 1 is 1.48 bits per heavy atom. The van der Waals surface area contributed by atoms with Gasteiger partial charge in [0.15, 0.2) is 16.6 Å². The Labute approximate surface area is 150 Å². The molecule has 132 valence electrons. The number of nitrogens with two attached hydrogens (primary N) is 1. The van der Waals surface area contributed by atoms with E-state index in [9.17, 15) is 4.79 Å². The number of ether oxygens (including phenoxy) is 3. The summed E-state index contributed by atoms with van der Waals surface area (Å²) in [6, 6.07) is 4.82. The maximum absolute atomic E-state index is 12.4. The van der Waals surface area contributed by atoms with Gasteiger partial charge in [0.25, 0.3) is 0 Å². The Morgan fingerprint density at radius 3 is 2.96 bits per heavy atom. The fraction of sp³-hybridized carbons (Fsp3) is 0.312. The van der Waals surface area contributed by atoms with Gasteiger partial charge < -0.3 is 30.6 Å². The van der Waals surface area contributed by atoms with Crippen molar-refractivity contribution in [3.05, 3.63) is 35.0 Å². The minimum atomic E-state index is -0.591. The van der Waals surface area contributed by atoms with Crippen LogP contribution in [0, 0.1) is 0 Å². The van der Waals surface area contributed by atoms with Gasteiger partial charge in [0.1, 0.15) is 6.04 Å². The number of carbonyl (C=O) groups is 1. The van der Waals surface area contributed by atoms with E-state index in [4.69, 9.17) is 32.2 Å². The van der Waals surface area contributed by atoms with Gasteiger partial charge in [-0.25, -0.2) is 9.79 Å².